The van der Waals surface area contributed by atoms with Gasteiger partial charge in [0.2, 0.25) is 5.95 Å². The molecule has 0 radical (unpaired) electrons. The minimum Gasteiger partial charge on any atom is -0.385 e. The number of nitrogens with one attached hydrogen (secondary N) is 1. The Balaban J connectivity index is 1.89. The summed E-state index contributed by atoms with van der Waals surface area (Å²) in [6.45, 7) is 6.60. The lowest BCUT2D eigenvalue weighted by Gasteiger charge is -2.08. The number of anilines is 1. The Morgan fingerprint density at radius 3 is 2.85 bits per heavy atom. The first-order chi connectivity index (χ1) is 9.69. The van der Waals surface area contributed by atoms with E-state index in [1.54, 1.807) is 18.4 Å². The maximum absolute atomic E-state index is 5.05. The fourth-order valence-electron chi connectivity index (χ4n) is 2.01. The van der Waals surface area contributed by atoms with Crippen LogP contribution in [0.15, 0.2) is 11.6 Å². The summed E-state index contributed by atoms with van der Waals surface area (Å²) in [6.07, 6.45) is 4.01. The van der Waals surface area contributed by atoms with Crippen molar-refractivity contribution < 1.29 is 4.74 Å². The zero-order valence-electron chi connectivity index (χ0n) is 12.3. The molecular weight excluding hydrogens is 272 g/mol. The third kappa shape index (κ3) is 4.31. The normalized spacial score (nSPS) is 10.9. The molecule has 1 N–H and O–H groups in total. The van der Waals surface area contributed by atoms with Crippen LogP contribution in [0, 0.1) is 13.8 Å². The third-order valence-electron chi connectivity index (χ3n) is 2.94. The van der Waals surface area contributed by atoms with Gasteiger partial charge in [0.1, 0.15) is 0 Å². The lowest BCUT2D eigenvalue weighted by Crippen LogP contribution is -2.11. The van der Waals surface area contributed by atoms with Gasteiger partial charge in [0, 0.05) is 50.5 Å². The van der Waals surface area contributed by atoms with Gasteiger partial charge in [0.25, 0.3) is 0 Å². The van der Waals surface area contributed by atoms with Crippen molar-refractivity contribution in [2.75, 3.05) is 25.6 Å². The van der Waals surface area contributed by atoms with Crippen LogP contribution in [0.4, 0.5) is 5.95 Å². The van der Waals surface area contributed by atoms with E-state index < -0.39 is 0 Å². The van der Waals surface area contributed by atoms with Crippen molar-refractivity contribution in [3.8, 4) is 0 Å². The maximum Gasteiger partial charge on any atom is 0.203 e. The van der Waals surface area contributed by atoms with Crippen LogP contribution in [0.1, 0.15) is 22.8 Å². The largest absolute Gasteiger partial charge is 0.385 e. The molecule has 0 aliphatic rings. The summed E-state index contributed by atoms with van der Waals surface area (Å²) in [5, 5.41) is 6.64. The SMILES string of the molecule is COCCCNc1nc(C)cn1CCc1nc(C)cs1. The Kier molecular flexibility index (Phi) is 5.55. The number of hydrogen-bond donors (Lipinski definition) is 1. The Bertz CT molecular complexity index is 535. The topological polar surface area (TPSA) is 52.0 Å². The first-order valence-electron chi connectivity index (χ1n) is 6.86. The Hall–Kier alpha value is -1.40. The van der Waals surface area contributed by atoms with Gasteiger partial charge in [0.15, 0.2) is 0 Å². The second-order valence-corrected chi connectivity index (χ2v) is 5.75. The molecule has 0 saturated carbocycles. The van der Waals surface area contributed by atoms with Crippen molar-refractivity contribution in [2.24, 2.45) is 0 Å². The van der Waals surface area contributed by atoms with Gasteiger partial charge in [0.05, 0.1) is 10.7 Å². The summed E-state index contributed by atoms with van der Waals surface area (Å²) in [5.41, 5.74) is 2.14. The molecule has 2 aromatic rings. The first-order valence-corrected chi connectivity index (χ1v) is 7.74. The van der Waals surface area contributed by atoms with Crippen LogP contribution >= 0.6 is 11.3 Å². The highest BCUT2D eigenvalue weighted by Gasteiger charge is 2.06. The molecule has 0 unspecified atom stereocenters. The van der Waals surface area contributed by atoms with E-state index in [-0.39, 0.29) is 0 Å². The first kappa shape index (κ1) is 15.0. The number of hydrogen-bond acceptors (Lipinski definition) is 5. The average molecular weight is 294 g/mol. The number of aromatic nitrogens is 3. The highest BCUT2D eigenvalue weighted by atomic mass is 32.1. The van der Waals surface area contributed by atoms with Crippen molar-refractivity contribution in [2.45, 2.75) is 33.2 Å². The van der Waals surface area contributed by atoms with E-state index in [2.05, 4.69) is 31.4 Å². The lowest BCUT2D eigenvalue weighted by atomic mass is 10.4. The van der Waals surface area contributed by atoms with Gasteiger partial charge in [-0.2, -0.15) is 0 Å². The summed E-state index contributed by atoms with van der Waals surface area (Å²) in [4.78, 5) is 9.02. The maximum atomic E-state index is 5.05. The summed E-state index contributed by atoms with van der Waals surface area (Å²) in [6, 6.07) is 0. The molecule has 0 aliphatic carbocycles. The molecule has 110 valence electrons. The quantitative estimate of drug-likeness (QED) is 0.761. The Morgan fingerprint density at radius 2 is 2.15 bits per heavy atom. The molecule has 5 nitrogen and oxygen atoms in total. The van der Waals surface area contributed by atoms with E-state index in [1.165, 1.54) is 5.01 Å². The zero-order chi connectivity index (χ0) is 14.4. The molecule has 0 saturated heterocycles. The van der Waals surface area contributed by atoms with Gasteiger partial charge in [-0.05, 0) is 20.3 Å². The van der Waals surface area contributed by atoms with Gasteiger partial charge in [-0.1, -0.05) is 0 Å². The van der Waals surface area contributed by atoms with E-state index in [9.17, 15) is 0 Å². The van der Waals surface area contributed by atoms with Crippen LogP contribution in [-0.2, 0) is 17.7 Å². The molecule has 0 spiro atoms. The second-order valence-electron chi connectivity index (χ2n) is 4.81. The van der Waals surface area contributed by atoms with Crippen molar-refractivity contribution in [1.29, 1.82) is 0 Å². The van der Waals surface area contributed by atoms with E-state index >= 15 is 0 Å². The minimum atomic E-state index is 0.769. The standard InChI is InChI=1S/C14H22N4OS/c1-11-9-18(7-5-13-16-12(2)10-20-13)14(17-11)15-6-4-8-19-3/h9-10H,4-8H2,1-3H3,(H,15,17). The zero-order valence-corrected chi connectivity index (χ0v) is 13.2. The molecule has 0 atom stereocenters. The fraction of sp³-hybridized carbons (Fsp3) is 0.571. The summed E-state index contributed by atoms with van der Waals surface area (Å²) in [7, 11) is 1.72. The van der Waals surface area contributed by atoms with Gasteiger partial charge < -0.3 is 14.6 Å². The molecule has 2 rings (SSSR count). The monoisotopic (exact) mass is 294 g/mol. The van der Waals surface area contributed by atoms with Crippen LogP contribution < -0.4 is 5.32 Å². The predicted octanol–water partition coefficient (Wildman–Crippen LogP) is 2.65. The van der Waals surface area contributed by atoms with E-state index in [0.29, 0.717) is 0 Å². The number of thiazole rings is 1. The van der Waals surface area contributed by atoms with Gasteiger partial charge in [-0.15, -0.1) is 11.3 Å². The van der Waals surface area contributed by atoms with Crippen LogP contribution in [0.2, 0.25) is 0 Å². The molecule has 2 heterocycles. The summed E-state index contributed by atoms with van der Waals surface area (Å²) >= 11 is 1.72. The van der Waals surface area contributed by atoms with E-state index in [4.69, 9.17) is 4.74 Å². The number of methoxy groups -OCH3 is 1. The highest BCUT2D eigenvalue weighted by molar-refractivity contribution is 7.09. The molecule has 20 heavy (non-hydrogen) atoms. The number of nitrogens with zero attached hydrogens (tertiary/aromatic N) is 3. The lowest BCUT2D eigenvalue weighted by molar-refractivity contribution is 0.197. The van der Waals surface area contributed by atoms with Gasteiger partial charge >= 0.3 is 0 Å². The third-order valence-corrected chi connectivity index (χ3v) is 3.96. The Morgan fingerprint density at radius 1 is 1.30 bits per heavy atom. The van der Waals surface area contributed by atoms with Crippen molar-refractivity contribution in [1.82, 2.24) is 14.5 Å². The van der Waals surface area contributed by atoms with E-state index in [0.717, 1.165) is 49.9 Å². The molecule has 0 aromatic carbocycles. The molecule has 0 bridgehead atoms. The van der Waals surface area contributed by atoms with E-state index in [1.807, 2.05) is 13.8 Å². The highest BCUT2D eigenvalue weighted by Crippen LogP contribution is 2.13. The van der Waals surface area contributed by atoms with Gasteiger partial charge in [-0.3, -0.25) is 0 Å². The fourth-order valence-corrected chi connectivity index (χ4v) is 2.77. The molecule has 0 fully saturated rings. The predicted molar refractivity (Wildman–Crippen MR) is 82.5 cm³/mol. The number of ether oxygens (including phenoxy) is 1. The minimum absolute atomic E-state index is 0.769. The average Bonchev–Trinajstić information content (AvgIpc) is 2.98. The van der Waals surface area contributed by atoms with Crippen LogP contribution in [0.5, 0.6) is 0 Å². The number of rotatable bonds is 8. The van der Waals surface area contributed by atoms with Crippen molar-refractivity contribution >= 4 is 17.3 Å². The van der Waals surface area contributed by atoms with Crippen LogP contribution in [0.25, 0.3) is 0 Å². The van der Waals surface area contributed by atoms with Crippen LogP contribution in [-0.4, -0.2) is 34.8 Å². The summed E-state index contributed by atoms with van der Waals surface area (Å²) in [5.74, 6) is 0.937. The van der Waals surface area contributed by atoms with Crippen molar-refractivity contribution in [3.05, 3.63) is 28.0 Å². The van der Waals surface area contributed by atoms with Gasteiger partial charge in [-0.25, -0.2) is 9.97 Å². The number of aryl methyl sites for hydroxylation is 4. The molecular formula is C14H22N4OS. The Labute approximate surface area is 124 Å². The number of imidazole rings is 1. The molecule has 6 heteroatoms. The van der Waals surface area contributed by atoms with Crippen LogP contribution in [0.3, 0.4) is 0 Å². The molecule has 0 amide bonds. The smallest absolute Gasteiger partial charge is 0.203 e. The summed E-state index contributed by atoms with van der Waals surface area (Å²) < 4.78 is 7.21. The van der Waals surface area contributed by atoms with Crippen molar-refractivity contribution in [3.63, 3.8) is 0 Å². The molecule has 0 aliphatic heterocycles. The second kappa shape index (κ2) is 7.40. The molecule has 2 aromatic heterocycles.